The average Bonchev–Trinajstić information content (AvgIpc) is 2.78. The predicted molar refractivity (Wildman–Crippen MR) is 110 cm³/mol. The highest BCUT2D eigenvalue weighted by Crippen LogP contribution is 2.30. The zero-order valence-electron chi connectivity index (χ0n) is 16.0. The van der Waals surface area contributed by atoms with Gasteiger partial charge in [-0.05, 0) is 6.07 Å². The molecule has 8 heteroatoms. The van der Waals surface area contributed by atoms with Crippen LogP contribution in [0.25, 0.3) is 10.9 Å². The number of amides is 2. The monoisotopic (exact) mass is 388 g/mol. The molecule has 8 nitrogen and oxygen atoms in total. The van der Waals surface area contributed by atoms with Crippen LogP contribution in [0.15, 0.2) is 48.9 Å². The molecule has 2 amide bonds. The van der Waals surface area contributed by atoms with Crippen molar-refractivity contribution in [3.8, 4) is 11.8 Å². The Morgan fingerprint density at radius 3 is 2.72 bits per heavy atom. The SMILES string of the molecule is COc1cncc(NC(=O)N2CCN(c3c(C#N)cnc4ccccc34)CC2)c1. The second-order valence-corrected chi connectivity index (χ2v) is 6.67. The normalized spacial score (nSPS) is 13.8. The van der Waals surface area contributed by atoms with E-state index in [1.807, 2.05) is 24.3 Å². The van der Waals surface area contributed by atoms with Gasteiger partial charge in [-0.15, -0.1) is 0 Å². The average molecular weight is 388 g/mol. The molecule has 146 valence electrons. The zero-order chi connectivity index (χ0) is 20.2. The number of carbonyl (C=O) groups is 1. The number of carbonyl (C=O) groups excluding carboxylic acids is 1. The highest BCUT2D eigenvalue weighted by atomic mass is 16.5. The van der Waals surface area contributed by atoms with Gasteiger partial charge in [0.2, 0.25) is 0 Å². The number of nitrogens with zero attached hydrogens (tertiary/aromatic N) is 5. The van der Waals surface area contributed by atoms with Crippen molar-refractivity contribution in [3.05, 3.63) is 54.5 Å². The number of fused-ring (bicyclic) bond motifs is 1. The standard InChI is InChI=1S/C21H20N6O2/c1-29-17-10-16(13-23-14-17)25-21(28)27-8-6-26(7-9-27)20-15(11-22)12-24-19-5-3-2-4-18(19)20/h2-5,10,12-14H,6-9H2,1H3,(H,25,28). The van der Waals surface area contributed by atoms with E-state index in [0.29, 0.717) is 43.2 Å². The number of ether oxygens (including phenoxy) is 1. The van der Waals surface area contributed by atoms with Crippen LogP contribution >= 0.6 is 0 Å². The van der Waals surface area contributed by atoms with Crippen molar-refractivity contribution in [2.45, 2.75) is 0 Å². The van der Waals surface area contributed by atoms with Crippen LogP contribution in [0, 0.1) is 11.3 Å². The van der Waals surface area contributed by atoms with Gasteiger partial charge >= 0.3 is 6.03 Å². The first-order valence-corrected chi connectivity index (χ1v) is 9.27. The molecule has 0 aliphatic carbocycles. The molecule has 1 aliphatic rings. The molecular formula is C21H20N6O2. The molecule has 1 N–H and O–H groups in total. The number of para-hydroxylation sites is 1. The number of nitrogens with one attached hydrogen (secondary N) is 1. The number of urea groups is 1. The molecule has 1 fully saturated rings. The first-order valence-electron chi connectivity index (χ1n) is 9.27. The fourth-order valence-electron chi connectivity index (χ4n) is 3.48. The summed E-state index contributed by atoms with van der Waals surface area (Å²) >= 11 is 0. The van der Waals surface area contributed by atoms with E-state index in [0.717, 1.165) is 16.6 Å². The van der Waals surface area contributed by atoms with Crippen LogP contribution in [0.2, 0.25) is 0 Å². The summed E-state index contributed by atoms with van der Waals surface area (Å²) in [4.78, 5) is 24.9. The van der Waals surface area contributed by atoms with Crippen LogP contribution in [-0.4, -0.2) is 54.2 Å². The first-order chi connectivity index (χ1) is 14.2. The molecule has 1 saturated heterocycles. The van der Waals surface area contributed by atoms with Crippen molar-refractivity contribution < 1.29 is 9.53 Å². The van der Waals surface area contributed by atoms with Gasteiger partial charge in [-0.3, -0.25) is 9.97 Å². The molecule has 0 spiro atoms. The Balaban J connectivity index is 1.48. The third-order valence-electron chi connectivity index (χ3n) is 4.95. The summed E-state index contributed by atoms with van der Waals surface area (Å²) in [6.45, 7) is 2.36. The number of anilines is 2. The minimum atomic E-state index is -0.181. The number of aromatic nitrogens is 2. The van der Waals surface area contributed by atoms with Crippen LogP contribution in [0.1, 0.15) is 5.56 Å². The lowest BCUT2D eigenvalue weighted by Crippen LogP contribution is -2.50. The van der Waals surface area contributed by atoms with E-state index in [2.05, 4.69) is 26.3 Å². The number of benzene rings is 1. The van der Waals surface area contributed by atoms with Crippen molar-refractivity contribution in [1.82, 2.24) is 14.9 Å². The molecule has 4 rings (SSSR count). The molecule has 1 aliphatic heterocycles. The summed E-state index contributed by atoms with van der Waals surface area (Å²) in [5.41, 5.74) is 2.87. The summed E-state index contributed by atoms with van der Waals surface area (Å²) < 4.78 is 5.14. The van der Waals surface area contributed by atoms with Gasteiger partial charge < -0.3 is 19.9 Å². The van der Waals surface area contributed by atoms with Gasteiger partial charge in [0.1, 0.15) is 11.8 Å². The summed E-state index contributed by atoms with van der Waals surface area (Å²) in [7, 11) is 1.56. The van der Waals surface area contributed by atoms with Crippen LogP contribution in [0.3, 0.4) is 0 Å². The van der Waals surface area contributed by atoms with E-state index < -0.39 is 0 Å². The van der Waals surface area contributed by atoms with Gasteiger partial charge in [0.15, 0.2) is 0 Å². The maximum Gasteiger partial charge on any atom is 0.322 e. The maximum absolute atomic E-state index is 12.6. The number of piperazine rings is 1. The summed E-state index contributed by atoms with van der Waals surface area (Å²) in [6, 6.07) is 11.6. The van der Waals surface area contributed by atoms with Crippen LogP contribution in [0.4, 0.5) is 16.2 Å². The molecule has 0 bridgehead atoms. The molecule has 0 unspecified atom stereocenters. The van der Waals surface area contributed by atoms with E-state index in [4.69, 9.17) is 4.74 Å². The second-order valence-electron chi connectivity index (χ2n) is 6.67. The summed E-state index contributed by atoms with van der Waals surface area (Å²) in [6.07, 6.45) is 4.78. The van der Waals surface area contributed by atoms with Crippen LogP contribution in [0.5, 0.6) is 5.75 Å². The number of pyridine rings is 2. The zero-order valence-corrected chi connectivity index (χ0v) is 16.0. The highest BCUT2D eigenvalue weighted by molar-refractivity contribution is 5.95. The van der Waals surface area contributed by atoms with Crippen LogP contribution < -0.4 is 15.0 Å². The molecule has 0 saturated carbocycles. The smallest absolute Gasteiger partial charge is 0.322 e. The fourth-order valence-corrected chi connectivity index (χ4v) is 3.48. The molecule has 3 heterocycles. The number of rotatable bonds is 3. The number of hydrogen-bond acceptors (Lipinski definition) is 6. The molecule has 1 aromatic carbocycles. The van der Waals surface area contributed by atoms with Gasteiger partial charge in [-0.1, -0.05) is 18.2 Å². The molecule has 0 atom stereocenters. The Morgan fingerprint density at radius 1 is 1.17 bits per heavy atom. The van der Waals surface area contributed by atoms with Gasteiger partial charge in [0, 0.05) is 43.8 Å². The molecule has 0 radical (unpaired) electrons. The third-order valence-corrected chi connectivity index (χ3v) is 4.95. The van der Waals surface area contributed by atoms with Crippen LogP contribution in [-0.2, 0) is 0 Å². The Kier molecular flexibility index (Phi) is 5.12. The van der Waals surface area contributed by atoms with E-state index in [-0.39, 0.29) is 6.03 Å². The van der Waals surface area contributed by atoms with Gasteiger partial charge in [0.05, 0.1) is 42.0 Å². The predicted octanol–water partition coefficient (Wildman–Crippen LogP) is 2.86. The first kappa shape index (κ1) is 18.5. The second kappa shape index (κ2) is 8.02. The summed E-state index contributed by atoms with van der Waals surface area (Å²) in [5, 5.41) is 13.4. The van der Waals surface area contributed by atoms with E-state index in [1.165, 1.54) is 0 Å². The number of hydrogen-bond donors (Lipinski definition) is 1. The van der Waals surface area contributed by atoms with Gasteiger partial charge in [-0.2, -0.15) is 5.26 Å². The summed E-state index contributed by atoms with van der Waals surface area (Å²) in [5.74, 6) is 0.584. The number of methoxy groups -OCH3 is 1. The van der Waals surface area contributed by atoms with Crippen molar-refractivity contribution in [2.24, 2.45) is 0 Å². The lowest BCUT2D eigenvalue weighted by Gasteiger charge is -2.36. The lowest BCUT2D eigenvalue weighted by molar-refractivity contribution is 0.208. The van der Waals surface area contributed by atoms with E-state index in [1.54, 1.807) is 36.7 Å². The molecule has 29 heavy (non-hydrogen) atoms. The van der Waals surface area contributed by atoms with Crippen molar-refractivity contribution >= 4 is 28.3 Å². The van der Waals surface area contributed by atoms with Crippen molar-refractivity contribution in [2.75, 3.05) is 43.5 Å². The largest absolute Gasteiger partial charge is 0.495 e. The Morgan fingerprint density at radius 2 is 1.97 bits per heavy atom. The van der Waals surface area contributed by atoms with E-state index in [9.17, 15) is 10.1 Å². The molecular weight excluding hydrogens is 368 g/mol. The van der Waals surface area contributed by atoms with E-state index >= 15 is 0 Å². The Bertz CT molecular complexity index is 1090. The van der Waals surface area contributed by atoms with Gasteiger partial charge in [0.25, 0.3) is 0 Å². The fraction of sp³-hybridized carbons (Fsp3) is 0.238. The minimum Gasteiger partial charge on any atom is -0.495 e. The maximum atomic E-state index is 12.6. The Hall–Kier alpha value is -3.86. The quantitative estimate of drug-likeness (QED) is 0.741. The molecule has 3 aromatic rings. The van der Waals surface area contributed by atoms with Crippen molar-refractivity contribution in [1.29, 1.82) is 5.26 Å². The van der Waals surface area contributed by atoms with Gasteiger partial charge in [-0.25, -0.2) is 4.79 Å². The highest BCUT2D eigenvalue weighted by Gasteiger charge is 2.24. The third kappa shape index (κ3) is 3.75. The topological polar surface area (TPSA) is 94.4 Å². The Labute approximate surface area is 168 Å². The number of nitriles is 1. The lowest BCUT2D eigenvalue weighted by atomic mass is 10.1. The van der Waals surface area contributed by atoms with Crippen molar-refractivity contribution in [3.63, 3.8) is 0 Å². The molecule has 2 aromatic heterocycles. The minimum absolute atomic E-state index is 0.181.